The average molecular weight is 730 g/mol. The summed E-state index contributed by atoms with van der Waals surface area (Å²) in [4.78, 5) is 42.4. The number of carbonyl (C=O) groups excluding carboxylic acids is 1. The van der Waals surface area contributed by atoms with E-state index in [2.05, 4.69) is 19.5 Å². The zero-order valence-electron chi connectivity index (χ0n) is 25.3. The van der Waals surface area contributed by atoms with Crippen LogP contribution < -0.4 is 68.9 Å². The summed E-state index contributed by atoms with van der Waals surface area (Å²) in [5.41, 5.74) is -0.116. The minimum absolute atomic E-state index is 0. The molecule has 0 bridgehead atoms. The second-order valence-corrected chi connectivity index (χ2v) is 12.6. The van der Waals surface area contributed by atoms with Crippen molar-refractivity contribution >= 4 is 24.3 Å². The summed E-state index contributed by atoms with van der Waals surface area (Å²) in [6, 6.07) is 4.62. The molecule has 1 fully saturated rings. The van der Waals surface area contributed by atoms with Gasteiger partial charge in [-0.3, -0.25) is 9.78 Å². The SMILES string of the molecule is C[C@@H]1CC(F)[C@H](C)N1S(=O)(=O)c1ccc(F)cc1.O=CN(COP(=O)([O-])[O-])Cc1cc(-c2cnc(C(F)(F)F)nc2)ncc1F.[Na+].[Na+]. The molecular formula is C25H24F6N5Na2O7PS. The maximum Gasteiger partial charge on any atom is 1.00 e. The van der Waals surface area contributed by atoms with Crippen molar-refractivity contribution < 1.29 is 118 Å². The smallest absolute Gasteiger partial charge is 0.790 e. The zero-order valence-corrected chi connectivity index (χ0v) is 31.0. The molecule has 47 heavy (non-hydrogen) atoms. The first-order valence-corrected chi connectivity index (χ1v) is 15.6. The molecule has 0 spiro atoms. The molecule has 0 N–H and O–H groups in total. The van der Waals surface area contributed by atoms with E-state index >= 15 is 0 Å². The fourth-order valence-corrected chi connectivity index (χ4v) is 6.36. The number of halogens is 6. The predicted octanol–water partition coefficient (Wildman–Crippen LogP) is -3.20. The van der Waals surface area contributed by atoms with Gasteiger partial charge in [0, 0.05) is 29.6 Å². The zero-order chi connectivity index (χ0) is 33.7. The van der Waals surface area contributed by atoms with Crippen LogP contribution in [0.3, 0.4) is 0 Å². The van der Waals surface area contributed by atoms with Gasteiger partial charge in [-0.25, -0.2) is 31.6 Å². The fraction of sp³-hybridized carbons (Fsp3) is 0.360. The monoisotopic (exact) mass is 729 g/mol. The number of hydrogen-bond acceptors (Lipinski definition) is 10. The number of rotatable bonds is 9. The molecular weight excluding hydrogens is 705 g/mol. The van der Waals surface area contributed by atoms with E-state index in [1.807, 2.05) is 0 Å². The fourth-order valence-electron chi connectivity index (χ4n) is 4.21. The van der Waals surface area contributed by atoms with Crippen molar-refractivity contribution in [3.05, 3.63) is 71.9 Å². The number of carbonyl (C=O) groups is 1. The molecule has 246 valence electrons. The van der Waals surface area contributed by atoms with Crippen LogP contribution >= 0.6 is 7.82 Å². The van der Waals surface area contributed by atoms with Crippen LogP contribution in [0.25, 0.3) is 11.3 Å². The van der Waals surface area contributed by atoms with E-state index in [1.165, 1.54) is 16.4 Å². The van der Waals surface area contributed by atoms with Gasteiger partial charge >= 0.3 is 65.3 Å². The van der Waals surface area contributed by atoms with Gasteiger partial charge < -0.3 is 23.8 Å². The summed E-state index contributed by atoms with van der Waals surface area (Å²) in [5.74, 6) is -2.75. The molecule has 22 heteroatoms. The normalized spacial score (nSPS) is 18.3. The van der Waals surface area contributed by atoms with E-state index in [9.17, 15) is 53.9 Å². The maximum absolute atomic E-state index is 13.9. The summed E-state index contributed by atoms with van der Waals surface area (Å²) in [6.45, 7) is 1.80. The van der Waals surface area contributed by atoms with Crippen molar-refractivity contribution in [2.24, 2.45) is 0 Å². The van der Waals surface area contributed by atoms with Crippen molar-refractivity contribution in [2.45, 2.75) is 56.1 Å². The number of pyridine rings is 1. The second kappa shape index (κ2) is 18.0. The molecule has 3 aromatic rings. The van der Waals surface area contributed by atoms with Crippen molar-refractivity contribution in [3.8, 4) is 11.3 Å². The Balaban J connectivity index is 0.000000483. The van der Waals surface area contributed by atoms with Gasteiger partial charge in [0.25, 0.3) is 0 Å². The van der Waals surface area contributed by atoms with Crippen LogP contribution in [0, 0.1) is 11.6 Å². The van der Waals surface area contributed by atoms with Crippen LogP contribution in [-0.2, 0) is 36.6 Å². The Labute approximate surface area is 309 Å². The Morgan fingerprint density at radius 3 is 2.11 bits per heavy atom. The first-order valence-electron chi connectivity index (χ1n) is 12.7. The number of alkyl halides is 4. The number of phosphoric acid groups is 1. The van der Waals surface area contributed by atoms with Gasteiger partial charge in [-0.15, -0.1) is 0 Å². The van der Waals surface area contributed by atoms with Crippen LogP contribution in [0.4, 0.5) is 26.3 Å². The van der Waals surface area contributed by atoms with Crippen molar-refractivity contribution in [1.29, 1.82) is 0 Å². The minimum Gasteiger partial charge on any atom is -0.790 e. The van der Waals surface area contributed by atoms with Crippen molar-refractivity contribution in [2.75, 3.05) is 6.73 Å². The van der Waals surface area contributed by atoms with Crippen LogP contribution in [0.2, 0.25) is 0 Å². The second-order valence-electron chi connectivity index (χ2n) is 9.64. The van der Waals surface area contributed by atoms with E-state index in [-0.39, 0.29) is 99.7 Å². The summed E-state index contributed by atoms with van der Waals surface area (Å²) >= 11 is 0. The molecule has 3 heterocycles. The van der Waals surface area contributed by atoms with Crippen LogP contribution in [0.15, 0.2) is 53.8 Å². The number of aromatic nitrogens is 3. The molecule has 1 saturated heterocycles. The number of phosphoric ester groups is 1. The molecule has 0 aliphatic carbocycles. The number of amides is 1. The molecule has 1 aromatic carbocycles. The Bertz CT molecular complexity index is 1640. The third-order valence-electron chi connectivity index (χ3n) is 6.35. The topological polar surface area (TPSA) is 169 Å². The molecule has 1 aliphatic rings. The van der Waals surface area contributed by atoms with Crippen molar-refractivity contribution in [1.82, 2.24) is 24.2 Å². The molecule has 4 rings (SSSR count). The molecule has 1 amide bonds. The molecule has 1 unspecified atom stereocenters. The molecule has 0 saturated carbocycles. The van der Waals surface area contributed by atoms with E-state index < -0.39 is 67.0 Å². The summed E-state index contributed by atoms with van der Waals surface area (Å²) in [5, 5.41) is 0. The summed E-state index contributed by atoms with van der Waals surface area (Å²) in [6.07, 6.45) is -3.14. The van der Waals surface area contributed by atoms with Gasteiger partial charge in [0.1, 0.15) is 24.5 Å². The average Bonchev–Trinajstić information content (AvgIpc) is 3.22. The Morgan fingerprint density at radius 2 is 1.64 bits per heavy atom. The van der Waals surface area contributed by atoms with E-state index in [4.69, 9.17) is 0 Å². The van der Waals surface area contributed by atoms with Gasteiger partial charge in [0.05, 0.1) is 37.2 Å². The molecule has 12 nitrogen and oxygen atoms in total. The first-order chi connectivity index (χ1) is 20.8. The quantitative estimate of drug-likeness (QED) is 0.0720. The van der Waals surface area contributed by atoms with Crippen molar-refractivity contribution in [3.63, 3.8) is 0 Å². The third-order valence-corrected chi connectivity index (χ3v) is 8.90. The third kappa shape index (κ3) is 12.1. The minimum atomic E-state index is -5.34. The Hall–Kier alpha value is -1.48. The number of nitrogens with zero attached hydrogens (tertiary/aromatic N) is 5. The van der Waals surface area contributed by atoms with Gasteiger partial charge in [0.15, 0.2) is 0 Å². The first kappa shape index (κ1) is 43.5. The van der Waals surface area contributed by atoms with E-state index in [0.717, 1.165) is 36.8 Å². The standard InChI is InChI=1S/C13H11F4N4O5P.C12H15F2NO2S.2Na/c14-10-4-18-11(9-2-19-12(20-3-9)13(15,16)17)1-8(10)5-21(6-22)7-26-27(23,24)25;1-8-7-12(14)9(2)15(8)18(16,17)11-5-3-10(13)4-6-11;;/h1-4,6H,5,7H2,(H2,23,24,25);3-6,8-9,12H,7H2,1-2H3;;/q;;2*+1/p-2/t;8-,9+,12?;;/m.1../s1. The Morgan fingerprint density at radius 1 is 1.06 bits per heavy atom. The Kier molecular flexibility index (Phi) is 16.6. The molecule has 3 atom stereocenters. The van der Waals surface area contributed by atoms with Gasteiger partial charge in [-0.05, 0) is 50.6 Å². The van der Waals surface area contributed by atoms with Crippen LogP contribution in [0.5, 0.6) is 0 Å². The van der Waals surface area contributed by atoms with E-state index in [0.29, 0.717) is 4.90 Å². The van der Waals surface area contributed by atoms with Crippen LogP contribution in [-0.4, -0.2) is 64.0 Å². The number of sulfonamides is 1. The number of hydrogen-bond donors (Lipinski definition) is 0. The molecule has 1 aliphatic heterocycles. The van der Waals surface area contributed by atoms with Crippen LogP contribution in [0.1, 0.15) is 31.7 Å². The largest absolute Gasteiger partial charge is 1.00 e. The summed E-state index contributed by atoms with van der Waals surface area (Å²) < 4.78 is 118. The molecule has 2 aromatic heterocycles. The summed E-state index contributed by atoms with van der Waals surface area (Å²) in [7, 11) is -9.10. The molecule has 0 radical (unpaired) electrons. The van der Waals surface area contributed by atoms with E-state index in [1.54, 1.807) is 13.8 Å². The predicted molar refractivity (Wildman–Crippen MR) is 139 cm³/mol. The van der Waals surface area contributed by atoms with Gasteiger partial charge in [-0.1, -0.05) is 0 Å². The van der Waals surface area contributed by atoms with Gasteiger partial charge in [0.2, 0.25) is 22.3 Å². The maximum atomic E-state index is 13.9. The number of benzene rings is 1. The van der Waals surface area contributed by atoms with Gasteiger partial charge in [-0.2, -0.15) is 17.5 Å².